The minimum atomic E-state index is -0.393. The second-order valence-corrected chi connectivity index (χ2v) is 8.30. The van der Waals surface area contributed by atoms with Crippen molar-refractivity contribution in [2.75, 3.05) is 0 Å². The van der Waals surface area contributed by atoms with E-state index in [0.29, 0.717) is 22.8 Å². The largest absolute Gasteiger partial charge is 0.456 e. The molecule has 3 heterocycles. The second kappa shape index (κ2) is 7.61. The van der Waals surface area contributed by atoms with E-state index >= 15 is 0 Å². The molecule has 0 bridgehead atoms. The zero-order valence-corrected chi connectivity index (χ0v) is 17.6. The van der Waals surface area contributed by atoms with Gasteiger partial charge in [-0.1, -0.05) is 31.2 Å². The third-order valence-electron chi connectivity index (χ3n) is 5.99. The van der Waals surface area contributed by atoms with Crippen molar-refractivity contribution in [1.29, 1.82) is 0 Å². The highest BCUT2D eigenvalue weighted by atomic mass is 16.5. The summed E-state index contributed by atoms with van der Waals surface area (Å²) in [5.74, 6) is 0.0997. The van der Waals surface area contributed by atoms with Crippen molar-refractivity contribution in [2.24, 2.45) is 5.92 Å². The second-order valence-electron chi connectivity index (χ2n) is 8.30. The summed E-state index contributed by atoms with van der Waals surface area (Å²) >= 11 is 0. The zero-order valence-electron chi connectivity index (χ0n) is 17.6. The predicted molar refractivity (Wildman–Crippen MR) is 118 cm³/mol. The molecular formula is C25H23N3O3. The molecule has 0 unspecified atom stereocenters. The topological polar surface area (TPSA) is 73.6 Å². The number of hydrogen-bond acceptors (Lipinski definition) is 5. The van der Waals surface area contributed by atoms with Crippen molar-refractivity contribution >= 4 is 22.5 Å². The Labute approximate surface area is 179 Å². The van der Waals surface area contributed by atoms with Gasteiger partial charge in [0.1, 0.15) is 12.3 Å². The molecule has 0 fully saturated rings. The van der Waals surface area contributed by atoms with Crippen molar-refractivity contribution in [2.45, 2.75) is 39.7 Å². The molecule has 0 amide bonds. The van der Waals surface area contributed by atoms with Gasteiger partial charge in [0, 0.05) is 22.8 Å². The maximum Gasteiger partial charge on any atom is 0.339 e. The van der Waals surface area contributed by atoms with E-state index in [9.17, 15) is 9.59 Å². The van der Waals surface area contributed by atoms with Crippen LogP contribution in [0.25, 0.3) is 16.6 Å². The number of aryl methyl sites for hydroxylation is 2. The van der Waals surface area contributed by atoms with Crippen LogP contribution in [0.2, 0.25) is 0 Å². The first-order valence-corrected chi connectivity index (χ1v) is 10.6. The van der Waals surface area contributed by atoms with Crippen LogP contribution in [0.5, 0.6) is 0 Å². The van der Waals surface area contributed by atoms with Crippen LogP contribution in [0.1, 0.15) is 46.3 Å². The van der Waals surface area contributed by atoms with Gasteiger partial charge in [-0.25, -0.2) is 9.78 Å². The molecule has 1 atom stereocenters. The van der Waals surface area contributed by atoms with E-state index in [1.54, 1.807) is 10.5 Å². The van der Waals surface area contributed by atoms with Gasteiger partial charge in [0.2, 0.25) is 0 Å². The van der Waals surface area contributed by atoms with E-state index in [1.807, 2.05) is 43.3 Å². The average molecular weight is 413 g/mol. The average Bonchev–Trinajstić information content (AvgIpc) is 2.76. The third kappa shape index (κ3) is 3.48. The number of pyridine rings is 2. The Kier molecular flexibility index (Phi) is 4.77. The van der Waals surface area contributed by atoms with Crippen LogP contribution in [-0.2, 0) is 24.2 Å². The minimum absolute atomic E-state index is 0.0561. The molecule has 3 aromatic heterocycles. The Morgan fingerprint density at radius 1 is 1.16 bits per heavy atom. The molecule has 5 rings (SSSR count). The standard InChI is InChI=1S/C25H23N3O3/c1-15-10-11-21-19(12-15)24(18-7-3-4-8-20(18)27-21)25(30)31-14-17-13-23(29)28-16(2)6-5-9-22(28)26-17/h3-9,13,15H,10-12,14H2,1-2H3/t15-/m1/s1. The summed E-state index contributed by atoms with van der Waals surface area (Å²) in [4.78, 5) is 35.1. The van der Waals surface area contributed by atoms with E-state index in [1.165, 1.54) is 6.07 Å². The lowest BCUT2D eigenvalue weighted by Crippen LogP contribution is -2.20. The first kappa shape index (κ1) is 19.4. The van der Waals surface area contributed by atoms with Crippen LogP contribution >= 0.6 is 0 Å². The Morgan fingerprint density at radius 2 is 2.00 bits per heavy atom. The van der Waals surface area contributed by atoms with Crippen molar-refractivity contribution in [3.05, 3.63) is 87.1 Å². The first-order valence-electron chi connectivity index (χ1n) is 10.6. The number of rotatable bonds is 3. The lowest BCUT2D eigenvalue weighted by molar-refractivity contribution is 0.0468. The molecule has 31 heavy (non-hydrogen) atoms. The molecule has 0 spiro atoms. The van der Waals surface area contributed by atoms with Gasteiger partial charge in [-0.15, -0.1) is 0 Å². The number of hydrogen-bond donors (Lipinski definition) is 0. The molecule has 6 nitrogen and oxygen atoms in total. The van der Waals surface area contributed by atoms with Crippen molar-refractivity contribution in [3.8, 4) is 0 Å². The zero-order chi connectivity index (χ0) is 21.5. The van der Waals surface area contributed by atoms with Gasteiger partial charge in [0.25, 0.3) is 5.56 Å². The van der Waals surface area contributed by atoms with Gasteiger partial charge in [0.05, 0.1) is 16.8 Å². The highest BCUT2D eigenvalue weighted by molar-refractivity contribution is 6.05. The summed E-state index contributed by atoms with van der Waals surface area (Å²) in [7, 11) is 0. The SMILES string of the molecule is Cc1cccc2nc(COC(=O)c3c4c(nc5ccccc35)CC[C@@H](C)C4)cc(=O)n12. The number of esters is 1. The first-order chi connectivity index (χ1) is 15.0. The summed E-state index contributed by atoms with van der Waals surface area (Å²) in [6.45, 7) is 4.00. The molecule has 0 radical (unpaired) electrons. The number of nitrogens with zero attached hydrogens (tertiary/aromatic N) is 3. The van der Waals surface area contributed by atoms with E-state index in [0.717, 1.165) is 47.1 Å². The van der Waals surface area contributed by atoms with E-state index < -0.39 is 5.97 Å². The molecular weight excluding hydrogens is 390 g/mol. The minimum Gasteiger partial charge on any atom is -0.456 e. The number of para-hydroxylation sites is 1. The number of fused-ring (bicyclic) bond motifs is 3. The monoisotopic (exact) mass is 413 g/mol. The van der Waals surface area contributed by atoms with E-state index in [4.69, 9.17) is 9.72 Å². The van der Waals surface area contributed by atoms with Gasteiger partial charge in [-0.05, 0) is 55.9 Å². The summed E-state index contributed by atoms with van der Waals surface area (Å²) in [5, 5.41) is 0.808. The quantitative estimate of drug-likeness (QED) is 0.474. The third-order valence-corrected chi connectivity index (χ3v) is 5.99. The molecule has 6 heteroatoms. The Balaban J connectivity index is 1.51. The molecule has 0 aliphatic heterocycles. The van der Waals surface area contributed by atoms with Crippen LogP contribution in [0.4, 0.5) is 0 Å². The summed E-state index contributed by atoms with van der Waals surface area (Å²) in [6, 6.07) is 14.6. The van der Waals surface area contributed by atoms with Crippen molar-refractivity contribution in [3.63, 3.8) is 0 Å². The molecule has 1 aromatic carbocycles. The van der Waals surface area contributed by atoms with E-state index in [-0.39, 0.29) is 12.2 Å². The lowest BCUT2D eigenvalue weighted by Gasteiger charge is -2.24. The Hall–Kier alpha value is -3.54. The van der Waals surface area contributed by atoms with Crippen LogP contribution < -0.4 is 5.56 Å². The molecule has 1 aliphatic carbocycles. The Morgan fingerprint density at radius 3 is 2.87 bits per heavy atom. The smallest absolute Gasteiger partial charge is 0.339 e. The number of carbonyl (C=O) groups is 1. The fourth-order valence-corrected chi connectivity index (χ4v) is 4.44. The fraction of sp³-hybridized carbons (Fsp3) is 0.280. The highest BCUT2D eigenvalue weighted by Crippen LogP contribution is 2.32. The number of benzene rings is 1. The van der Waals surface area contributed by atoms with Crippen LogP contribution in [0.3, 0.4) is 0 Å². The van der Waals surface area contributed by atoms with Gasteiger partial charge >= 0.3 is 5.97 Å². The van der Waals surface area contributed by atoms with Gasteiger partial charge in [0.15, 0.2) is 0 Å². The predicted octanol–water partition coefficient (Wildman–Crippen LogP) is 4.03. The summed E-state index contributed by atoms with van der Waals surface area (Å²) < 4.78 is 7.22. The molecule has 156 valence electrons. The highest BCUT2D eigenvalue weighted by Gasteiger charge is 2.26. The molecule has 0 N–H and O–H groups in total. The molecule has 1 aliphatic rings. The normalized spacial score (nSPS) is 15.7. The molecule has 4 aromatic rings. The number of ether oxygens (including phenoxy) is 1. The summed E-state index contributed by atoms with van der Waals surface area (Å²) in [5.41, 5.74) is 4.98. The fourth-order valence-electron chi connectivity index (χ4n) is 4.44. The number of carbonyl (C=O) groups excluding carboxylic acids is 1. The maximum absolute atomic E-state index is 13.3. The van der Waals surface area contributed by atoms with Gasteiger partial charge < -0.3 is 4.74 Å². The summed E-state index contributed by atoms with van der Waals surface area (Å²) in [6.07, 6.45) is 2.74. The van der Waals surface area contributed by atoms with Crippen LogP contribution in [0.15, 0.2) is 53.3 Å². The Bertz CT molecular complexity index is 1390. The van der Waals surface area contributed by atoms with Gasteiger partial charge in [-0.2, -0.15) is 0 Å². The van der Waals surface area contributed by atoms with Crippen LogP contribution in [0, 0.1) is 12.8 Å². The van der Waals surface area contributed by atoms with Gasteiger partial charge in [-0.3, -0.25) is 14.2 Å². The number of aromatic nitrogens is 3. The van der Waals surface area contributed by atoms with Crippen LogP contribution in [-0.4, -0.2) is 20.3 Å². The molecule has 0 saturated carbocycles. The maximum atomic E-state index is 13.3. The van der Waals surface area contributed by atoms with Crippen molar-refractivity contribution < 1.29 is 9.53 Å². The van der Waals surface area contributed by atoms with E-state index in [2.05, 4.69) is 11.9 Å². The molecule has 0 saturated heterocycles. The van der Waals surface area contributed by atoms with Crippen molar-refractivity contribution in [1.82, 2.24) is 14.4 Å². The lowest BCUT2D eigenvalue weighted by atomic mass is 9.84.